The van der Waals surface area contributed by atoms with Crippen LogP contribution in [0.4, 0.5) is 17.1 Å². The smallest absolute Gasteiger partial charge is 0.237 e. The van der Waals surface area contributed by atoms with Crippen molar-refractivity contribution in [2.24, 2.45) is 0 Å². The van der Waals surface area contributed by atoms with E-state index in [0.29, 0.717) is 11.5 Å². The summed E-state index contributed by atoms with van der Waals surface area (Å²) in [7, 11) is 0. The molecule has 0 aliphatic heterocycles. The lowest BCUT2D eigenvalue weighted by Gasteiger charge is -2.16. The zero-order chi connectivity index (χ0) is 21.3. The van der Waals surface area contributed by atoms with Crippen molar-refractivity contribution in [3.05, 3.63) is 83.3 Å². The molecule has 3 rings (SSSR count). The molecule has 0 heterocycles. The number of rotatable bonds is 7. The van der Waals surface area contributed by atoms with E-state index in [4.69, 9.17) is 12.2 Å². The van der Waals surface area contributed by atoms with E-state index >= 15 is 0 Å². The topological polar surface area (TPSA) is 53.2 Å². The lowest BCUT2D eigenvalue weighted by Crippen LogP contribution is -2.24. The van der Waals surface area contributed by atoms with Crippen LogP contribution >= 0.6 is 39.9 Å². The third-order valence-electron chi connectivity index (χ3n) is 4.20. The molecular formula is C23H22BrN3OS2. The number of hydrogen-bond donors (Lipinski definition) is 3. The second kappa shape index (κ2) is 11.2. The molecule has 3 N–H and O–H groups in total. The Labute approximate surface area is 195 Å². The van der Waals surface area contributed by atoms with Gasteiger partial charge < -0.3 is 16.0 Å². The molecule has 0 fully saturated rings. The number of amides is 1. The number of nitrogens with one attached hydrogen (secondary N) is 3. The molecule has 3 aromatic carbocycles. The van der Waals surface area contributed by atoms with Crippen molar-refractivity contribution in [2.75, 3.05) is 16.0 Å². The fourth-order valence-electron chi connectivity index (χ4n) is 2.72. The van der Waals surface area contributed by atoms with Gasteiger partial charge in [-0.15, -0.1) is 11.8 Å². The van der Waals surface area contributed by atoms with Gasteiger partial charge in [-0.05, 0) is 77.0 Å². The number of para-hydroxylation sites is 2. The van der Waals surface area contributed by atoms with Crippen LogP contribution in [-0.2, 0) is 4.79 Å². The van der Waals surface area contributed by atoms with Crippen LogP contribution in [0.2, 0.25) is 0 Å². The van der Waals surface area contributed by atoms with E-state index < -0.39 is 0 Å². The van der Waals surface area contributed by atoms with Gasteiger partial charge in [-0.1, -0.05) is 43.3 Å². The van der Waals surface area contributed by atoms with E-state index in [9.17, 15) is 4.79 Å². The first-order chi connectivity index (χ1) is 14.5. The maximum Gasteiger partial charge on any atom is 0.237 e. The van der Waals surface area contributed by atoms with Gasteiger partial charge in [0.15, 0.2) is 5.11 Å². The van der Waals surface area contributed by atoms with Gasteiger partial charge in [0, 0.05) is 20.7 Å². The van der Waals surface area contributed by atoms with Crippen LogP contribution < -0.4 is 16.0 Å². The number of anilines is 3. The third kappa shape index (κ3) is 6.58. The fraction of sp³-hybridized carbons (Fsp3) is 0.130. The number of carbonyl (C=O) groups excluding carboxylic acids is 1. The second-order valence-electron chi connectivity index (χ2n) is 6.46. The Kier molecular flexibility index (Phi) is 8.30. The van der Waals surface area contributed by atoms with Crippen LogP contribution in [0.15, 0.2) is 88.2 Å². The van der Waals surface area contributed by atoms with E-state index in [2.05, 4.69) is 31.9 Å². The molecular weight excluding hydrogens is 478 g/mol. The average Bonchev–Trinajstić information content (AvgIpc) is 2.74. The van der Waals surface area contributed by atoms with Gasteiger partial charge in [-0.3, -0.25) is 4.79 Å². The van der Waals surface area contributed by atoms with Crippen molar-refractivity contribution < 1.29 is 4.79 Å². The highest BCUT2D eigenvalue weighted by molar-refractivity contribution is 9.10. The molecule has 0 aliphatic carbocycles. The van der Waals surface area contributed by atoms with Gasteiger partial charge in [-0.25, -0.2) is 0 Å². The van der Waals surface area contributed by atoms with Crippen LogP contribution in [0.3, 0.4) is 0 Å². The first kappa shape index (κ1) is 22.3. The predicted molar refractivity (Wildman–Crippen MR) is 135 cm³/mol. The summed E-state index contributed by atoms with van der Waals surface area (Å²) in [6.45, 7) is 2.01. The molecule has 30 heavy (non-hydrogen) atoms. The van der Waals surface area contributed by atoms with Gasteiger partial charge in [0.1, 0.15) is 0 Å². The van der Waals surface area contributed by atoms with Crippen LogP contribution in [0.25, 0.3) is 0 Å². The Balaban J connectivity index is 1.62. The number of hydrogen-bond acceptors (Lipinski definition) is 3. The molecule has 0 saturated carbocycles. The van der Waals surface area contributed by atoms with Crippen LogP contribution in [0.5, 0.6) is 0 Å². The van der Waals surface area contributed by atoms with E-state index in [0.717, 1.165) is 26.4 Å². The van der Waals surface area contributed by atoms with Crippen molar-refractivity contribution in [1.29, 1.82) is 0 Å². The fourth-order valence-corrected chi connectivity index (χ4v) is 4.36. The lowest BCUT2D eigenvalue weighted by atomic mass is 10.3. The SMILES string of the molecule is CCC(Sc1cccc(NC(=S)Nc2ccccc2)c1)C(=O)Nc1ccccc1Br. The summed E-state index contributed by atoms with van der Waals surface area (Å²) in [5.41, 5.74) is 2.57. The minimum absolute atomic E-state index is 0.0194. The van der Waals surface area contributed by atoms with Crippen LogP contribution in [0, 0.1) is 0 Å². The van der Waals surface area contributed by atoms with Gasteiger partial charge in [0.05, 0.1) is 10.9 Å². The monoisotopic (exact) mass is 499 g/mol. The third-order valence-corrected chi connectivity index (χ3v) is 6.45. The molecule has 0 radical (unpaired) electrons. The summed E-state index contributed by atoms with van der Waals surface area (Å²) in [4.78, 5) is 13.8. The molecule has 3 aromatic rings. The van der Waals surface area contributed by atoms with E-state index in [-0.39, 0.29) is 11.2 Å². The number of thiocarbonyl (C=S) groups is 1. The van der Waals surface area contributed by atoms with E-state index in [1.165, 1.54) is 11.8 Å². The zero-order valence-electron chi connectivity index (χ0n) is 16.4. The minimum Gasteiger partial charge on any atom is -0.332 e. The Morgan fingerprint density at radius 1 is 0.933 bits per heavy atom. The Morgan fingerprint density at radius 3 is 2.33 bits per heavy atom. The molecule has 0 bridgehead atoms. The largest absolute Gasteiger partial charge is 0.332 e. The number of thioether (sulfide) groups is 1. The van der Waals surface area contributed by atoms with Gasteiger partial charge in [-0.2, -0.15) is 0 Å². The molecule has 0 spiro atoms. The summed E-state index contributed by atoms with van der Waals surface area (Å²) >= 11 is 10.4. The first-order valence-electron chi connectivity index (χ1n) is 9.50. The molecule has 1 amide bonds. The van der Waals surface area contributed by atoms with Crippen molar-refractivity contribution in [3.8, 4) is 0 Å². The van der Waals surface area contributed by atoms with Crippen molar-refractivity contribution in [3.63, 3.8) is 0 Å². The quantitative estimate of drug-likeness (QED) is 0.247. The number of carbonyl (C=O) groups is 1. The summed E-state index contributed by atoms with van der Waals surface area (Å²) in [6.07, 6.45) is 0.715. The predicted octanol–water partition coefficient (Wildman–Crippen LogP) is 6.77. The summed E-state index contributed by atoms with van der Waals surface area (Å²) in [6, 6.07) is 25.3. The second-order valence-corrected chi connectivity index (χ2v) is 9.00. The standard InChI is InChI=1S/C23H22BrN3OS2/c1-2-21(22(28)27-20-14-7-6-13-19(20)24)30-18-12-8-11-17(15-18)26-23(29)25-16-9-4-3-5-10-16/h3-15,21H,2H2,1H3,(H,27,28)(H2,25,26,29). The molecule has 1 atom stereocenters. The highest BCUT2D eigenvalue weighted by Crippen LogP contribution is 2.29. The van der Waals surface area contributed by atoms with Crippen molar-refractivity contribution in [1.82, 2.24) is 0 Å². The van der Waals surface area contributed by atoms with Crippen LogP contribution in [0.1, 0.15) is 13.3 Å². The summed E-state index contributed by atoms with van der Waals surface area (Å²) in [5, 5.41) is 9.67. The first-order valence-corrected chi connectivity index (χ1v) is 11.6. The zero-order valence-corrected chi connectivity index (χ0v) is 19.6. The molecule has 4 nitrogen and oxygen atoms in total. The van der Waals surface area contributed by atoms with Crippen molar-refractivity contribution in [2.45, 2.75) is 23.5 Å². The van der Waals surface area contributed by atoms with Gasteiger partial charge >= 0.3 is 0 Å². The van der Waals surface area contributed by atoms with E-state index in [1.807, 2.05) is 85.8 Å². The number of benzene rings is 3. The van der Waals surface area contributed by atoms with Gasteiger partial charge in [0.25, 0.3) is 0 Å². The molecule has 0 saturated heterocycles. The number of halogens is 1. The summed E-state index contributed by atoms with van der Waals surface area (Å²) in [5.74, 6) is -0.0194. The van der Waals surface area contributed by atoms with E-state index in [1.54, 1.807) is 0 Å². The van der Waals surface area contributed by atoms with Crippen LogP contribution in [-0.4, -0.2) is 16.3 Å². The lowest BCUT2D eigenvalue weighted by molar-refractivity contribution is -0.115. The summed E-state index contributed by atoms with van der Waals surface area (Å²) < 4.78 is 0.865. The van der Waals surface area contributed by atoms with Crippen molar-refractivity contribution >= 4 is 68.0 Å². The molecule has 0 aliphatic rings. The Hall–Kier alpha value is -2.35. The maximum absolute atomic E-state index is 12.8. The highest BCUT2D eigenvalue weighted by atomic mass is 79.9. The average molecular weight is 500 g/mol. The molecule has 0 aromatic heterocycles. The molecule has 7 heteroatoms. The Bertz CT molecular complexity index is 1010. The minimum atomic E-state index is -0.207. The Morgan fingerprint density at radius 2 is 1.60 bits per heavy atom. The molecule has 1 unspecified atom stereocenters. The van der Waals surface area contributed by atoms with Gasteiger partial charge in [0.2, 0.25) is 5.91 Å². The molecule has 154 valence electrons. The highest BCUT2D eigenvalue weighted by Gasteiger charge is 2.19. The maximum atomic E-state index is 12.8. The normalized spacial score (nSPS) is 11.4.